The van der Waals surface area contributed by atoms with E-state index in [1.165, 1.54) is 12.1 Å². The molecule has 0 spiro atoms. The maximum atomic E-state index is 13.4. The van der Waals surface area contributed by atoms with Crippen molar-refractivity contribution in [2.75, 3.05) is 6.54 Å². The standard InChI is InChI=1S/C24H35NO7S/c1-16-9-11-18(12-10-16)33(29,30)25-14-13-24(17(2)15-19(25)26,20(27)31-22(3,4)5)21(28)32-23(6,7)8/h9-12,17H,13-15H2,1-8H3/t17-/m1/s1. The summed E-state index contributed by atoms with van der Waals surface area (Å²) in [6, 6.07) is 6.15. The highest BCUT2D eigenvalue weighted by atomic mass is 32.2. The maximum Gasteiger partial charge on any atom is 0.324 e. The van der Waals surface area contributed by atoms with Crippen LogP contribution in [0.3, 0.4) is 0 Å². The summed E-state index contributed by atoms with van der Waals surface area (Å²) in [4.78, 5) is 39.8. The van der Waals surface area contributed by atoms with Crippen molar-refractivity contribution in [1.29, 1.82) is 0 Å². The lowest BCUT2D eigenvalue weighted by molar-refractivity contribution is -0.190. The Labute approximate surface area is 196 Å². The average molecular weight is 482 g/mol. The Hall–Kier alpha value is -2.42. The van der Waals surface area contributed by atoms with Gasteiger partial charge in [-0.2, -0.15) is 0 Å². The number of rotatable bonds is 4. The third-order valence-corrected chi connectivity index (χ3v) is 7.28. The normalized spacial score (nSPS) is 19.6. The number of aryl methyl sites for hydroxylation is 1. The molecule has 0 N–H and O–H groups in total. The van der Waals surface area contributed by atoms with E-state index in [4.69, 9.17) is 9.47 Å². The maximum absolute atomic E-state index is 13.4. The van der Waals surface area contributed by atoms with Crippen molar-refractivity contribution in [3.05, 3.63) is 29.8 Å². The number of sulfonamides is 1. The molecule has 1 atom stereocenters. The summed E-state index contributed by atoms with van der Waals surface area (Å²) in [6.07, 6.45) is -0.571. The summed E-state index contributed by atoms with van der Waals surface area (Å²) in [5.41, 5.74) is -2.74. The Morgan fingerprint density at radius 2 is 1.42 bits per heavy atom. The molecule has 1 aromatic rings. The fourth-order valence-electron chi connectivity index (χ4n) is 3.71. The van der Waals surface area contributed by atoms with Gasteiger partial charge in [0.15, 0.2) is 5.41 Å². The summed E-state index contributed by atoms with van der Waals surface area (Å²) < 4.78 is 38.4. The summed E-state index contributed by atoms with van der Waals surface area (Å²) in [5, 5.41) is 0. The van der Waals surface area contributed by atoms with Crippen molar-refractivity contribution in [2.45, 2.75) is 84.3 Å². The molecular weight excluding hydrogens is 446 g/mol. The molecule has 0 radical (unpaired) electrons. The quantitative estimate of drug-likeness (QED) is 0.477. The van der Waals surface area contributed by atoms with E-state index in [1.807, 2.05) is 6.92 Å². The minimum Gasteiger partial charge on any atom is -0.459 e. The van der Waals surface area contributed by atoms with Crippen molar-refractivity contribution < 1.29 is 32.3 Å². The lowest BCUT2D eigenvalue weighted by atomic mass is 9.72. The van der Waals surface area contributed by atoms with Crippen LogP contribution in [0.25, 0.3) is 0 Å². The topological polar surface area (TPSA) is 107 Å². The fourth-order valence-corrected chi connectivity index (χ4v) is 5.12. The van der Waals surface area contributed by atoms with Gasteiger partial charge in [0.05, 0.1) is 4.90 Å². The van der Waals surface area contributed by atoms with Gasteiger partial charge in [-0.15, -0.1) is 0 Å². The van der Waals surface area contributed by atoms with E-state index >= 15 is 0 Å². The number of amides is 1. The Bertz CT molecular complexity index is 986. The molecule has 1 fully saturated rings. The highest BCUT2D eigenvalue weighted by Crippen LogP contribution is 2.42. The first-order valence-electron chi connectivity index (χ1n) is 11.0. The molecule has 8 nitrogen and oxygen atoms in total. The van der Waals surface area contributed by atoms with Crippen molar-refractivity contribution >= 4 is 27.9 Å². The van der Waals surface area contributed by atoms with Crippen LogP contribution >= 0.6 is 0 Å². The van der Waals surface area contributed by atoms with Gasteiger partial charge in [-0.1, -0.05) is 24.6 Å². The summed E-state index contributed by atoms with van der Waals surface area (Å²) >= 11 is 0. The molecule has 9 heteroatoms. The van der Waals surface area contributed by atoms with Crippen LogP contribution in [-0.4, -0.2) is 48.3 Å². The average Bonchev–Trinajstić information content (AvgIpc) is 2.75. The van der Waals surface area contributed by atoms with Gasteiger partial charge in [-0.3, -0.25) is 14.4 Å². The molecular formula is C24H35NO7S. The van der Waals surface area contributed by atoms with Gasteiger partial charge in [0.2, 0.25) is 5.91 Å². The molecule has 0 aromatic heterocycles. The molecule has 1 heterocycles. The zero-order chi connectivity index (χ0) is 25.4. The van der Waals surface area contributed by atoms with E-state index < -0.39 is 50.4 Å². The zero-order valence-corrected chi connectivity index (χ0v) is 21.5. The SMILES string of the molecule is Cc1ccc(S(=O)(=O)N2CCC(C(=O)OC(C)(C)C)(C(=O)OC(C)(C)C)[C@H](C)CC2=O)cc1. The Morgan fingerprint density at radius 1 is 0.970 bits per heavy atom. The van der Waals surface area contributed by atoms with Crippen molar-refractivity contribution in [2.24, 2.45) is 11.3 Å². The molecule has 1 saturated heterocycles. The second-order valence-corrected chi connectivity index (χ2v) is 12.5. The Balaban J connectivity index is 2.53. The van der Waals surface area contributed by atoms with Gasteiger partial charge in [0.25, 0.3) is 10.0 Å². The van der Waals surface area contributed by atoms with E-state index in [9.17, 15) is 22.8 Å². The number of carbonyl (C=O) groups is 3. The molecule has 1 aliphatic rings. The van der Waals surface area contributed by atoms with Crippen LogP contribution in [0.15, 0.2) is 29.2 Å². The first-order valence-corrected chi connectivity index (χ1v) is 12.4. The molecule has 0 unspecified atom stereocenters. The van der Waals surface area contributed by atoms with Crippen LogP contribution in [-0.2, 0) is 33.9 Å². The molecule has 1 aromatic carbocycles. The molecule has 1 aliphatic heterocycles. The highest BCUT2D eigenvalue weighted by Gasteiger charge is 2.57. The first-order chi connectivity index (χ1) is 14.9. The molecule has 184 valence electrons. The molecule has 2 rings (SSSR count). The van der Waals surface area contributed by atoms with Crippen LogP contribution in [0, 0.1) is 18.3 Å². The number of carbonyl (C=O) groups excluding carboxylic acids is 3. The van der Waals surface area contributed by atoms with E-state index in [2.05, 4.69) is 0 Å². The van der Waals surface area contributed by atoms with Gasteiger partial charge in [-0.25, -0.2) is 12.7 Å². The number of hydrogen-bond donors (Lipinski definition) is 0. The largest absolute Gasteiger partial charge is 0.459 e. The summed E-state index contributed by atoms with van der Waals surface area (Å²) in [7, 11) is -4.17. The lowest BCUT2D eigenvalue weighted by Gasteiger charge is -2.37. The zero-order valence-electron chi connectivity index (χ0n) is 20.7. The minimum absolute atomic E-state index is 0.0314. The van der Waals surface area contributed by atoms with Gasteiger partial charge < -0.3 is 9.47 Å². The van der Waals surface area contributed by atoms with Crippen LogP contribution in [0.2, 0.25) is 0 Å². The first kappa shape index (κ1) is 26.8. The predicted octanol–water partition coefficient (Wildman–Crippen LogP) is 3.61. The number of benzene rings is 1. The number of ether oxygens (including phenoxy) is 2. The van der Waals surface area contributed by atoms with E-state index in [0.717, 1.165) is 9.87 Å². The van der Waals surface area contributed by atoms with Crippen LogP contribution in [0.4, 0.5) is 0 Å². The van der Waals surface area contributed by atoms with Crippen molar-refractivity contribution in [1.82, 2.24) is 4.31 Å². The molecule has 0 saturated carbocycles. The number of hydrogen-bond acceptors (Lipinski definition) is 7. The van der Waals surface area contributed by atoms with Gasteiger partial charge >= 0.3 is 11.9 Å². The predicted molar refractivity (Wildman–Crippen MR) is 123 cm³/mol. The Kier molecular flexibility index (Phi) is 7.38. The van der Waals surface area contributed by atoms with Crippen LogP contribution < -0.4 is 0 Å². The van der Waals surface area contributed by atoms with Crippen molar-refractivity contribution in [3.63, 3.8) is 0 Å². The third kappa shape index (κ3) is 5.93. The summed E-state index contributed by atoms with van der Waals surface area (Å²) in [5.74, 6) is -3.16. The van der Waals surface area contributed by atoms with E-state index in [-0.39, 0.29) is 24.3 Å². The monoisotopic (exact) mass is 481 g/mol. The smallest absolute Gasteiger partial charge is 0.324 e. The number of nitrogens with zero attached hydrogens (tertiary/aromatic N) is 1. The van der Waals surface area contributed by atoms with Crippen molar-refractivity contribution in [3.8, 4) is 0 Å². The minimum atomic E-state index is -4.17. The molecule has 0 aliphatic carbocycles. The van der Waals surface area contributed by atoms with Gasteiger partial charge in [-0.05, 0) is 72.9 Å². The fraction of sp³-hybridized carbons (Fsp3) is 0.625. The number of esters is 2. The lowest BCUT2D eigenvalue weighted by Crippen LogP contribution is -2.50. The van der Waals surface area contributed by atoms with Gasteiger partial charge in [0, 0.05) is 13.0 Å². The highest BCUT2D eigenvalue weighted by molar-refractivity contribution is 7.89. The van der Waals surface area contributed by atoms with Crippen LogP contribution in [0.1, 0.15) is 66.9 Å². The van der Waals surface area contributed by atoms with E-state index in [1.54, 1.807) is 60.6 Å². The second-order valence-electron chi connectivity index (χ2n) is 10.6. The molecule has 0 bridgehead atoms. The molecule has 1 amide bonds. The van der Waals surface area contributed by atoms with E-state index in [0.29, 0.717) is 0 Å². The Morgan fingerprint density at radius 3 is 1.85 bits per heavy atom. The third-order valence-electron chi connectivity index (χ3n) is 5.44. The van der Waals surface area contributed by atoms with Gasteiger partial charge in [0.1, 0.15) is 11.2 Å². The molecule has 33 heavy (non-hydrogen) atoms. The van der Waals surface area contributed by atoms with Crippen LogP contribution in [0.5, 0.6) is 0 Å². The summed E-state index contributed by atoms with van der Waals surface area (Å²) in [6.45, 7) is 13.1. The second kappa shape index (κ2) is 9.08.